The van der Waals surface area contributed by atoms with Crippen LogP contribution in [0.15, 0.2) is 12.1 Å². The molecule has 0 radical (unpaired) electrons. The maximum absolute atomic E-state index is 11.8. The maximum Gasteiger partial charge on any atom is 0.237 e. The highest BCUT2D eigenvalue weighted by Crippen LogP contribution is 2.27. The van der Waals surface area contributed by atoms with Gasteiger partial charge < -0.3 is 5.32 Å². The molecule has 1 aliphatic rings. The molecule has 0 spiro atoms. The molecule has 0 aliphatic heterocycles. The molecule has 5 heteroatoms. The highest BCUT2D eigenvalue weighted by molar-refractivity contribution is 7.16. The summed E-state index contributed by atoms with van der Waals surface area (Å²) < 4.78 is 0.781. The van der Waals surface area contributed by atoms with Crippen LogP contribution >= 0.6 is 22.9 Å². The van der Waals surface area contributed by atoms with E-state index in [9.17, 15) is 4.79 Å². The van der Waals surface area contributed by atoms with Crippen molar-refractivity contribution in [3.63, 3.8) is 0 Å². The van der Waals surface area contributed by atoms with Crippen molar-refractivity contribution < 1.29 is 4.79 Å². The monoisotopic (exact) mass is 272 g/mol. The second kappa shape index (κ2) is 5.38. The van der Waals surface area contributed by atoms with Crippen LogP contribution in [0.1, 0.15) is 37.6 Å². The van der Waals surface area contributed by atoms with E-state index in [0.717, 1.165) is 22.1 Å². The lowest BCUT2D eigenvalue weighted by Crippen LogP contribution is -2.43. The number of carbonyl (C=O) groups excluding carboxylic acids is 1. The van der Waals surface area contributed by atoms with E-state index in [1.54, 1.807) is 11.3 Å². The molecular weight excluding hydrogens is 256 g/mol. The summed E-state index contributed by atoms with van der Waals surface area (Å²) in [7, 11) is 0. The third kappa shape index (κ3) is 3.69. The van der Waals surface area contributed by atoms with Crippen LogP contribution in [0.25, 0.3) is 0 Å². The summed E-state index contributed by atoms with van der Waals surface area (Å²) in [6, 6.07) is 4.27. The summed E-state index contributed by atoms with van der Waals surface area (Å²) in [5.41, 5.74) is 0. The number of thiophene rings is 1. The second-order valence-corrected chi connectivity index (χ2v) is 6.28. The Morgan fingerprint density at radius 3 is 2.71 bits per heavy atom. The molecule has 17 heavy (non-hydrogen) atoms. The summed E-state index contributed by atoms with van der Waals surface area (Å²) in [6.45, 7) is 3.94. The van der Waals surface area contributed by atoms with Crippen molar-refractivity contribution in [3.05, 3.63) is 21.3 Å². The smallest absolute Gasteiger partial charge is 0.237 e. The lowest BCUT2D eigenvalue weighted by Gasteiger charge is -2.18. The van der Waals surface area contributed by atoms with Crippen molar-refractivity contribution in [2.24, 2.45) is 0 Å². The second-order valence-electron chi connectivity index (χ2n) is 4.53. The third-order valence-corrected chi connectivity index (χ3v) is 4.25. The van der Waals surface area contributed by atoms with Gasteiger partial charge in [0.1, 0.15) is 0 Å². The van der Waals surface area contributed by atoms with E-state index in [-0.39, 0.29) is 18.0 Å². The summed E-state index contributed by atoms with van der Waals surface area (Å²) in [5, 5.41) is 6.27. The van der Waals surface area contributed by atoms with Gasteiger partial charge in [0.05, 0.1) is 10.4 Å². The van der Waals surface area contributed by atoms with Crippen molar-refractivity contribution in [2.75, 3.05) is 0 Å². The summed E-state index contributed by atoms with van der Waals surface area (Å²) in [6.07, 6.45) is 2.24. The predicted molar refractivity (Wildman–Crippen MR) is 71.5 cm³/mol. The van der Waals surface area contributed by atoms with Crippen molar-refractivity contribution in [2.45, 2.75) is 44.8 Å². The fourth-order valence-electron chi connectivity index (χ4n) is 1.65. The quantitative estimate of drug-likeness (QED) is 0.865. The highest BCUT2D eigenvalue weighted by atomic mass is 35.5. The van der Waals surface area contributed by atoms with Crippen molar-refractivity contribution in [3.8, 4) is 0 Å². The van der Waals surface area contributed by atoms with Crippen LogP contribution in [0.2, 0.25) is 4.34 Å². The Hall–Kier alpha value is -0.580. The van der Waals surface area contributed by atoms with E-state index >= 15 is 0 Å². The van der Waals surface area contributed by atoms with Crippen LogP contribution in [0.4, 0.5) is 0 Å². The van der Waals surface area contributed by atoms with E-state index in [2.05, 4.69) is 10.6 Å². The molecule has 0 saturated heterocycles. The first-order valence-electron chi connectivity index (χ1n) is 5.88. The number of hydrogen-bond donors (Lipinski definition) is 2. The SMILES string of the molecule is CC(NC(C)c1ccc(Cl)s1)C(=O)NC1CC1. The number of rotatable bonds is 5. The van der Waals surface area contributed by atoms with Gasteiger partial charge in [-0.25, -0.2) is 0 Å². The zero-order valence-electron chi connectivity index (χ0n) is 10.00. The van der Waals surface area contributed by atoms with Crippen LogP contribution in [0.3, 0.4) is 0 Å². The van der Waals surface area contributed by atoms with Crippen LogP contribution in [-0.4, -0.2) is 18.0 Å². The molecule has 1 aliphatic carbocycles. The molecule has 2 atom stereocenters. The molecule has 1 fully saturated rings. The number of nitrogens with one attached hydrogen (secondary N) is 2. The van der Waals surface area contributed by atoms with E-state index in [4.69, 9.17) is 11.6 Å². The van der Waals surface area contributed by atoms with Gasteiger partial charge in [-0.2, -0.15) is 0 Å². The first-order valence-corrected chi connectivity index (χ1v) is 7.07. The van der Waals surface area contributed by atoms with Gasteiger partial charge in [0, 0.05) is 17.0 Å². The highest BCUT2D eigenvalue weighted by Gasteiger charge is 2.26. The Labute approximate surface area is 111 Å². The molecule has 94 valence electrons. The molecular formula is C12H17ClN2OS. The van der Waals surface area contributed by atoms with Crippen molar-refractivity contribution in [1.82, 2.24) is 10.6 Å². The normalized spacial score (nSPS) is 18.8. The Morgan fingerprint density at radius 1 is 1.47 bits per heavy atom. The first kappa shape index (κ1) is 12.9. The number of hydrogen-bond acceptors (Lipinski definition) is 3. The lowest BCUT2D eigenvalue weighted by molar-refractivity contribution is -0.123. The van der Waals surface area contributed by atoms with Gasteiger partial charge in [-0.3, -0.25) is 10.1 Å². The number of carbonyl (C=O) groups is 1. The van der Waals surface area contributed by atoms with E-state index in [1.807, 2.05) is 26.0 Å². The average molecular weight is 273 g/mol. The zero-order chi connectivity index (χ0) is 12.4. The minimum atomic E-state index is -0.175. The Balaban J connectivity index is 1.84. The first-order chi connectivity index (χ1) is 8.06. The largest absolute Gasteiger partial charge is 0.352 e. The third-order valence-electron chi connectivity index (χ3n) is 2.84. The molecule has 1 aromatic rings. The van der Waals surface area contributed by atoms with Crippen molar-refractivity contribution >= 4 is 28.8 Å². The van der Waals surface area contributed by atoms with Gasteiger partial charge in [0.15, 0.2) is 0 Å². The molecule has 0 bridgehead atoms. The Bertz CT molecular complexity index is 403. The van der Waals surface area contributed by atoms with E-state index in [1.165, 1.54) is 0 Å². The van der Waals surface area contributed by atoms with Crippen LogP contribution in [0, 0.1) is 0 Å². The molecule has 2 rings (SSSR count). The van der Waals surface area contributed by atoms with E-state index < -0.39 is 0 Å². The van der Waals surface area contributed by atoms with Gasteiger partial charge in [0.25, 0.3) is 0 Å². The van der Waals surface area contributed by atoms with Crippen LogP contribution in [-0.2, 0) is 4.79 Å². The average Bonchev–Trinajstić information content (AvgIpc) is 2.97. The minimum absolute atomic E-state index is 0.0852. The lowest BCUT2D eigenvalue weighted by atomic mass is 10.2. The predicted octanol–water partition coefficient (Wildman–Crippen LogP) is 2.72. The summed E-state index contributed by atoms with van der Waals surface area (Å²) >= 11 is 7.44. The van der Waals surface area contributed by atoms with Gasteiger partial charge >= 0.3 is 0 Å². The number of halogens is 1. The fraction of sp³-hybridized carbons (Fsp3) is 0.583. The van der Waals surface area contributed by atoms with Gasteiger partial charge in [-0.05, 0) is 38.8 Å². The molecule has 2 N–H and O–H groups in total. The standard InChI is InChI=1S/C12H17ClN2OS/c1-7(10-5-6-11(13)17-10)14-8(2)12(16)15-9-3-4-9/h5-9,14H,3-4H2,1-2H3,(H,15,16). The molecule has 3 nitrogen and oxygen atoms in total. The summed E-state index contributed by atoms with van der Waals surface area (Å²) in [5.74, 6) is 0.0852. The topological polar surface area (TPSA) is 41.1 Å². The molecule has 1 heterocycles. The number of amides is 1. The van der Waals surface area contributed by atoms with Crippen LogP contribution < -0.4 is 10.6 Å². The van der Waals surface area contributed by atoms with Gasteiger partial charge in [-0.15, -0.1) is 11.3 Å². The van der Waals surface area contributed by atoms with Gasteiger partial charge in [0.2, 0.25) is 5.91 Å². The van der Waals surface area contributed by atoms with Crippen LogP contribution in [0.5, 0.6) is 0 Å². The maximum atomic E-state index is 11.8. The molecule has 1 aromatic heterocycles. The van der Waals surface area contributed by atoms with Gasteiger partial charge in [-0.1, -0.05) is 11.6 Å². The fourth-order valence-corrected chi connectivity index (χ4v) is 2.72. The van der Waals surface area contributed by atoms with Crippen molar-refractivity contribution in [1.29, 1.82) is 0 Å². The Morgan fingerprint density at radius 2 is 2.18 bits per heavy atom. The van der Waals surface area contributed by atoms with E-state index in [0.29, 0.717) is 6.04 Å². The molecule has 1 amide bonds. The molecule has 2 unspecified atom stereocenters. The molecule has 1 saturated carbocycles. The zero-order valence-corrected chi connectivity index (χ0v) is 11.6. The summed E-state index contributed by atoms with van der Waals surface area (Å²) in [4.78, 5) is 12.9. The minimum Gasteiger partial charge on any atom is -0.352 e. The molecule has 0 aromatic carbocycles. The Kier molecular flexibility index (Phi) is 4.07.